The first-order valence-corrected chi connectivity index (χ1v) is 10.1. The fourth-order valence-corrected chi connectivity index (χ4v) is 3.68. The summed E-state index contributed by atoms with van der Waals surface area (Å²) in [4.78, 5) is 11.9. The van der Waals surface area contributed by atoms with E-state index in [-0.39, 0.29) is 26.9 Å². The smallest absolute Gasteiger partial charge is 0.361 e. The second-order valence-corrected chi connectivity index (χ2v) is 8.19. The lowest BCUT2D eigenvalue weighted by Gasteiger charge is -2.16. The van der Waals surface area contributed by atoms with Crippen LogP contribution in [-0.4, -0.2) is 19.5 Å². The Labute approximate surface area is 173 Å². The van der Waals surface area contributed by atoms with Crippen LogP contribution in [0, 0.1) is 6.92 Å². The van der Waals surface area contributed by atoms with Gasteiger partial charge in [0.15, 0.2) is 0 Å². The third kappa shape index (κ3) is 4.74. The fourth-order valence-electron chi connectivity index (χ4n) is 2.48. The first-order valence-electron chi connectivity index (χ1n) is 8.19. The molecule has 3 rings (SSSR count). The molecule has 1 aromatic heterocycles. The molecular formula is C18H13ClF3N3O4S. The van der Waals surface area contributed by atoms with Crippen molar-refractivity contribution in [2.45, 2.75) is 18.0 Å². The van der Waals surface area contributed by atoms with E-state index >= 15 is 0 Å². The van der Waals surface area contributed by atoms with Crippen molar-refractivity contribution in [2.24, 2.45) is 0 Å². The van der Waals surface area contributed by atoms with Gasteiger partial charge in [0.1, 0.15) is 11.3 Å². The number of hydrogen-bond donors (Lipinski definition) is 2. The molecule has 3 aromatic rings. The molecule has 1 amide bonds. The minimum atomic E-state index is -4.90. The number of carbonyl (C=O) groups is 1. The van der Waals surface area contributed by atoms with Crippen molar-refractivity contribution in [3.8, 4) is 0 Å². The quantitative estimate of drug-likeness (QED) is 0.575. The monoisotopic (exact) mass is 459 g/mol. The van der Waals surface area contributed by atoms with Crippen LogP contribution in [0.25, 0.3) is 0 Å². The zero-order chi connectivity index (χ0) is 22.1. The van der Waals surface area contributed by atoms with E-state index in [1.807, 2.05) is 4.72 Å². The lowest BCUT2D eigenvalue weighted by molar-refractivity contribution is -0.136. The van der Waals surface area contributed by atoms with Gasteiger partial charge in [-0.1, -0.05) is 16.8 Å². The average molecular weight is 460 g/mol. The minimum absolute atomic E-state index is 0.0519. The number of amides is 1. The molecule has 0 unspecified atom stereocenters. The van der Waals surface area contributed by atoms with Gasteiger partial charge in [0.2, 0.25) is 0 Å². The molecule has 2 N–H and O–H groups in total. The van der Waals surface area contributed by atoms with E-state index in [4.69, 9.17) is 16.1 Å². The Morgan fingerprint density at radius 1 is 1.13 bits per heavy atom. The summed E-state index contributed by atoms with van der Waals surface area (Å²) in [5.74, 6) is -0.535. The van der Waals surface area contributed by atoms with Crippen molar-refractivity contribution in [3.63, 3.8) is 0 Å². The number of halogens is 4. The zero-order valence-corrected chi connectivity index (χ0v) is 16.7. The van der Waals surface area contributed by atoms with Crippen LogP contribution in [0.15, 0.2) is 58.1 Å². The van der Waals surface area contributed by atoms with Crippen LogP contribution in [0.2, 0.25) is 5.02 Å². The molecule has 0 atom stereocenters. The van der Waals surface area contributed by atoms with Crippen LogP contribution in [0.1, 0.15) is 21.7 Å². The maximum Gasteiger partial charge on any atom is 0.418 e. The van der Waals surface area contributed by atoms with Crippen molar-refractivity contribution in [1.82, 2.24) is 5.16 Å². The average Bonchev–Trinajstić information content (AvgIpc) is 3.08. The van der Waals surface area contributed by atoms with Crippen LogP contribution in [-0.2, 0) is 16.2 Å². The highest BCUT2D eigenvalue weighted by molar-refractivity contribution is 7.92. The largest absolute Gasteiger partial charge is 0.418 e. The summed E-state index contributed by atoms with van der Waals surface area (Å²) < 4.78 is 72.2. The van der Waals surface area contributed by atoms with Crippen LogP contribution >= 0.6 is 11.6 Å². The van der Waals surface area contributed by atoms with E-state index in [0.717, 1.165) is 30.5 Å². The molecule has 12 heteroatoms. The number of aryl methyl sites for hydroxylation is 1. The van der Waals surface area contributed by atoms with E-state index in [1.165, 1.54) is 19.1 Å². The van der Waals surface area contributed by atoms with Gasteiger partial charge in [-0.3, -0.25) is 9.52 Å². The Kier molecular flexibility index (Phi) is 5.77. The topological polar surface area (TPSA) is 101 Å². The van der Waals surface area contributed by atoms with Gasteiger partial charge in [-0.25, -0.2) is 8.42 Å². The van der Waals surface area contributed by atoms with Crippen LogP contribution in [0.3, 0.4) is 0 Å². The second kappa shape index (κ2) is 8.00. The first-order chi connectivity index (χ1) is 14.0. The van der Waals surface area contributed by atoms with Gasteiger partial charge in [-0.05, 0) is 49.4 Å². The molecule has 158 valence electrons. The predicted molar refractivity (Wildman–Crippen MR) is 103 cm³/mol. The van der Waals surface area contributed by atoms with Gasteiger partial charge in [0.25, 0.3) is 15.9 Å². The Balaban J connectivity index is 1.93. The molecule has 2 aromatic carbocycles. The summed E-state index contributed by atoms with van der Waals surface area (Å²) >= 11 is 5.70. The normalized spacial score (nSPS) is 11.9. The highest BCUT2D eigenvalue weighted by Crippen LogP contribution is 2.37. The molecule has 0 saturated carbocycles. The lowest BCUT2D eigenvalue weighted by atomic mass is 10.1. The number of rotatable bonds is 5. The van der Waals surface area contributed by atoms with E-state index < -0.39 is 33.4 Å². The Morgan fingerprint density at radius 3 is 2.37 bits per heavy atom. The second-order valence-electron chi connectivity index (χ2n) is 6.07. The van der Waals surface area contributed by atoms with Crippen molar-refractivity contribution < 1.29 is 30.9 Å². The lowest BCUT2D eigenvalue weighted by Crippen LogP contribution is -2.18. The third-order valence-corrected chi connectivity index (χ3v) is 5.58. The summed E-state index contributed by atoms with van der Waals surface area (Å²) in [6.07, 6.45) is -3.77. The molecular weight excluding hydrogens is 447 g/mol. The number of benzene rings is 2. The molecule has 0 aliphatic rings. The van der Waals surface area contributed by atoms with E-state index in [0.29, 0.717) is 6.07 Å². The van der Waals surface area contributed by atoms with Gasteiger partial charge >= 0.3 is 6.18 Å². The highest BCUT2D eigenvalue weighted by atomic mass is 35.5. The number of carbonyl (C=O) groups excluding carboxylic acids is 1. The third-order valence-electron chi connectivity index (χ3n) is 3.95. The van der Waals surface area contributed by atoms with Gasteiger partial charge in [0, 0.05) is 10.7 Å². The van der Waals surface area contributed by atoms with Crippen molar-refractivity contribution in [1.29, 1.82) is 0 Å². The number of sulfonamides is 1. The summed E-state index contributed by atoms with van der Waals surface area (Å²) in [5, 5.41) is 6.00. The molecule has 0 aliphatic carbocycles. The van der Waals surface area contributed by atoms with Gasteiger partial charge in [-0.15, -0.1) is 0 Å². The fraction of sp³-hybridized carbons (Fsp3) is 0.111. The van der Waals surface area contributed by atoms with Gasteiger partial charge < -0.3 is 9.84 Å². The number of nitrogens with one attached hydrogen (secondary N) is 2. The number of nitrogens with zero attached hydrogens (tertiary/aromatic N) is 1. The maximum absolute atomic E-state index is 13.5. The minimum Gasteiger partial charge on any atom is -0.361 e. The molecule has 0 radical (unpaired) electrons. The molecule has 0 aliphatic heterocycles. The van der Waals surface area contributed by atoms with Crippen LogP contribution < -0.4 is 10.0 Å². The predicted octanol–water partition coefficient (Wildman–Crippen LogP) is 4.71. The molecule has 30 heavy (non-hydrogen) atoms. The van der Waals surface area contributed by atoms with Gasteiger partial charge in [0.05, 0.1) is 22.3 Å². The highest BCUT2D eigenvalue weighted by Gasteiger charge is 2.35. The SMILES string of the molecule is Cc1oncc1C(=O)Nc1ccc(NS(=O)(=O)c2ccc(Cl)cc2)c(C(F)(F)F)c1. The van der Waals surface area contributed by atoms with Crippen molar-refractivity contribution in [2.75, 3.05) is 10.0 Å². The number of hydrogen-bond acceptors (Lipinski definition) is 5. The van der Waals surface area contributed by atoms with Crippen molar-refractivity contribution >= 4 is 38.9 Å². The maximum atomic E-state index is 13.5. The van der Waals surface area contributed by atoms with Gasteiger partial charge in [-0.2, -0.15) is 13.2 Å². The van der Waals surface area contributed by atoms with Crippen LogP contribution in [0.4, 0.5) is 24.5 Å². The summed E-state index contributed by atoms with van der Waals surface area (Å²) in [5.41, 5.74) is -2.12. The first kappa shape index (κ1) is 21.7. The Bertz CT molecular complexity index is 1190. The Morgan fingerprint density at radius 2 is 1.80 bits per heavy atom. The van der Waals surface area contributed by atoms with Crippen LogP contribution in [0.5, 0.6) is 0 Å². The van der Waals surface area contributed by atoms with E-state index in [2.05, 4.69) is 10.5 Å². The molecule has 0 bridgehead atoms. The van der Waals surface area contributed by atoms with E-state index in [9.17, 15) is 26.4 Å². The molecule has 0 saturated heterocycles. The molecule has 1 heterocycles. The Hall–Kier alpha value is -3.05. The summed E-state index contributed by atoms with van der Waals surface area (Å²) in [7, 11) is -4.31. The van der Waals surface area contributed by atoms with E-state index in [1.54, 1.807) is 0 Å². The summed E-state index contributed by atoms with van der Waals surface area (Å²) in [6.45, 7) is 1.47. The molecule has 0 fully saturated rings. The standard InChI is InChI=1S/C18H13ClF3N3O4S/c1-10-14(9-23-29-10)17(26)24-12-4-7-16(15(8-12)18(20,21)22)25-30(27,28)13-5-2-11(19)3-6-13/h2-9,25H,1H3,(H,24,26). The number of aromatic nitrogens is 1. The zero-order valence-electron chi connectivity index (χ0n) is 15.1. The molecule has 0 spiro atoms. The van der Waals surface area contributed by atoms with Crippen molar-refractivity contribution in [3.05, 3.63) is 70.6 Å². The number of anilines is 2. The summed E-state index contributed by atoms with van der Waals surface area (Å²) in [6, 6.07) is 7.59. The molecule has 7 nitrogen and oxygen atoms in total. The number of alkyl halides is 3.